The molecule has 2 unspecified atom stereocenters. The lowest BCUT2D eigenvalue weighted by molar-refractivity contribution is -0.139. The van der Waals surface area contributed by atoms with Gasteiger partial charge in [0.15, 0.2) is 5.82 Å². The number of aliphatic hydroxyl groups excluding tert-OH is 1. The Kier molecular flexibility index (Phi) is 5.10. The summed E-state index contributed by atoms with van der Waals surface area (Å²) in [4.78, 5) is 6.19. The molecule has 0 radical (unpaired) electrons. The van der Waals surface area contributed by atoms with Crippen LogP contribution in [0.25, 0.3) is 0 Å². The summed E-state index contributed by atoms with van der Waals surface area (Å²) >= 11 is 0. The molecule has 1 fully saturated rings. The summed E-state index contributed by atoms with van der Waals surface area (Å²) in [7, 11) is 0. The topological polar surface area (TPSA) is 62.4 Å². The highest BCUT2D eigenvalue weighted by molar-refractivity contribution is 5.31. The molecule has 0 bridgehead atoms. The smallest absolute Gasteiger partial charge is 0.387 e. The van der Waals surface area contributed by atoms with Crippen LogP contribution in [-0.4, -0.2) is 39.8 Å². The van der Waals surface area contributed by atoms with Crippen LogP contribution < -0.4 is 0 Å². The van der Waals surface area contributed by atoms with Gasteiger partial charge in [-0.25, -0.2) is 0 Å². The third-order valence-electron chi connectivity index (χ3n) is 4.45. The lowest BCUT2D eigenvalue weighted by atomic mass is 9.96. The normalized spacial score (nSPS) is 20.6. The average molecular weight is 355 g/mol. The molecule has 5 nitrogen and oxygen atoms in total. The lowest BCUT2D eigenvalue weighted by Gasteiger charge is -2.32. The van der Waals surface area contributed by atoms with Crippen molar-refractivity contribution in [3.05, 3.63) is 47.1 Å². The molecule has 1 saturated heterocycles. The fourth-order valence-corrected chi connectivity index (χ4v) is 3.29. The van der Waals surface area contributed by atoms with E-state index in [1.165, 1.54) is 18.2 Å². The lowest BCUT2D eigenvalue weighted by Crippen LogP contribution is -2.37. The second kappa shape index (κ2) is 7.13. The number of nitrogens with zero attached hydrogens (tertiary/aromatic N) is 3. The molecule has 2 atom stereocenters. The fraction of sp³-hybridized carbons (Fsp3) is 0.529. The van der Waals surface area contributed by atoms with Crippen molar-refractivity contribution in [2.75, 3.05) is 19.6 Å². The van der Waals surface area contributed by atoms with Crippen molar-refractivity contribution in [2.24, 2.45) is 0 Å². The Labute approximate surface area is 143 Å². The van der Waals surface area contributed by atoms with Crippen molar-refractivity contribution in [1.29, 1.82) is 0 Å². The number of hydrogen-bond donors (Lipinski definition) is 1. The van der Waals surface area contributed by atoms with Crippen LogP contribution in [0.15, 0.2) is 28.8 Å². The van der Waals surface area contributed by atoms with Gasteiger partial charge in [-0.1, -0.05) is 23.4 Å². The number of β-amino-alcohol motifs (C(OH)–C–C–N with tert-alkyl or cyclic N) is 1. The standard InChI is InChI=1S/C17H20F3N3O2/c1-11-21-16(25-22-11)12-5-4-8-23(9-12)10-15(24)13-6-2-3-7-14(13)17(18,19)20/h2-3,6-7,12,15,24H,4-5,8-10H2,1H3. The quantitative estimate of drug-likeness (QED) is 0.912. The molecule has 2 aromatic rings. The molecule has 3 rings (SSSR count). The van der Waals surface area contributed by atoms with E-state index in [4.69, 9.17) is 4.52 Å². The zero-order valence-electron chi connectivity index (χ0n) is 13.8. The van der Waals surface area contributed by atoms with E-state index in [0.717, 1.165) is 25.5 Å². The van der Waals surface area contributed by atoms with Crippen LogP contribution in [0, 0.1) is 6.92 Å². The van der Waals surface area contributed by atoms with E-state index in [9.17, 15) is 18.3 Å². The third kappa shape index (κ3) is 4.19. The van der Waals surface area contributed by atoms with Gasteiger partial charge in [-0.3, -0.25) is 4.90 Å². The summed E-state index contributed by atoms with van der Waals surface area (Å²) in [6, 6.07) is 5.16. The first-order chi connectivity index (χ1) is 11.8. The Morgan fingerprint density at radius 1 is 1.36 bits per heavy atom. The summed E-state index contributed by atoms with van der Waals surface area (Å²) in [5.41, 5.74) is -0.880. The van der Waals surface area contributed by atoms with E-state index in [1.807, 2.05) is 4.90 Å². The molecular formula is C17H20F3N3O2. The summed E-state index contributed by atoms with van der Waals surface area (Å²) in [6.45, 7) is 3.17. The molecule has 2 heterocycles. The van der Waals surface area contributed by atoms with Gasteiger partial charge in [0.1, 0.15) is 0 Å². The third-order valence-corrected chi connectivity index (χ3v) is 4.45. The number of aliphatic hydroxyl groups is 1. The fourth-order valence-electron chi connectivity index (χ4n) is 3.29. The molecule has 136 valence electrons. The first-order valence-electron chi connectivity index (χ1n) is 8.21. The molecule has 1 aromatic carbocycles. The summed E-state index contributed by atoms with van der Waals surface area (Å²) in [5.74, 6) is 1.15. The molecule has 0 amide bonds. The Balaban J connectivity index is 1.70. The van der Waals surface area contributed by atoms with Crippen LogP contribution in [0.2, 0.25) is 0 Å². The van der Waals surface area contributed by atoms with Gasteiger partial charge >= 0.3 is 6.18 Å². The first kappa shape index (κ1) is 17.9. The van der Waals surface area contributed by atoms with Crippen LogP contribution in [-0.2, 0) is 6.18 Å². The van der Waals surface area contributed by atoms with Gasteiger partial charge in [-0.15, -0.1) is 0 Å². The van der Waals surface area contributed by atoms with Crippen molar-refractivity contribution in [1.82, 2.24) is 15.0 Å². The van der Waals surface area contributed by atoms with Crippen molar-refractivity contribution in [3.8, 4) is 0 Å². The minimum atomic E-state index is -4.48. The number of benzene rings is 1. The zero-order chi connectivity index (χ0) is 18.0. The van der Waals surface area contributed by atoms with Crippen molar-refractivity contribution >= 4 is 0 Å². The zero-order valence-corrected chi connectivity index (χ0v) is 13.8. The van der Waals surface area contributed by atoms with Crippen LogP contribution >= 0.6 is 0 Å². The maximum absolute atomic E-state index is 13.1. The Morgan fingerprint density at radius 2 is 2.12 bits per heavy atom. The highest BCUT2D eigenvalue weighted by atomic mass is 19.4. The van der Waals surface area contributed by atoms with Crippen LogP contribution in [0.4, 0.5) is 13.2 Å². The molecule has 8 heteroatoms. The van der Waals surface area contributed by atoms with Gasteiger partial charge in [-0.2, -0.15) is 18.2 Å². The highest BCUT2D eigenvalue weighted by Crippen LogP contribution is 2.35. The van der Waals surface area contributed by atoms with Gasteiger partial charge in [0.2, 0.25) is 5.89 Å². The van der Waals surface area contributed by atoms with Crippen molar-refractivity contribution < 1.29 is 22.8 Å². The van der Waals surface area contributed by atoms with E-state index >= 15 is 0 Å². The van der Waals surface area contributed by atoms with E-state index < -0.39 is 17.8 Å². The van der Waals surface area contributed by atoms with Gasteiger partial charge in [0.25, 0.3) is 0 Å². The predicted octanol–water partition coefficient (Wildman–Crippen LogP) is 3.31. The van der Waals surface area contributed by atoms with Crippen LogP contribution in [0.3, 0.4) is 0 Å². The largest absolute Gasteiger partial charge is 0.416 e. The Hall–Kier alpha value is -1.93. The maximum atomic E-state index is 13.1. The Bertz CT molecular complexity index is 717. The molecule has 1 aliphatic heterocycles. The van der Waals surface area contributed by atoms with Gasteiger partial charge in [0, 0.05) is 13.1 Å². The monoisotopic (exact) mass is 355 g/mol. The van der Waals surface area contributed by atoms with Crippen molar-refractivity contribution in [3.63, 3.8) is 0 Å². The minimum Gasteiger partial charge on any atom is -0.387 e. The molecular weight excluding hydrogens is 335 g/mol. The second-order valence-electron chi connectivity index (χ2n) is 6.38. The number of piperidine rings is 1. The molecule has 0 aliphatic carbocycles. The molecule has 1 aliphatic rings. The second-order valence-corrected chi connectivity index (χ2v) is 6.38. The number of alkyl halides is 3. The predicted molar refractivity (Wildman–Crippen MR) is 83.9 cm³/mol. The molecule has 1 N–H and O–H groups in total. The molecule has 0 spiro atoms. The minimum absolute atomic E-state index is 0.0417. The number of aryl methyl sites for hydroxylation is 1. The number of aromatic nitrogens is 2. The van der Waals surface area contributed by atoms with E-state index in [1.54, 1.807) is 6.92 Å². The summed E-state index contributed by atoms with van der Waals surface area (Å²) < 4.78 is 44.6. The number of hydrogen-bond acceptors (Lipinski definition) is 5. The molecule has 0 saturated carbocycles. The number of halogens is 3. The Morgan fingerprint density at radius 3 is 2.80 bits per heavy atom. The van der Waals surface area contributed by atoms with Gasteiger partial charge in [-0.05, 0) is 37.9 Å². The number of rotatable bonds is 4. The average Bonchev–Trinajstić information content (AvgIpc) is 3.01. The van der Waals surface area contributed by atoms with Gasteiger partial charge < -0.3 is 9.63 Å². The molecule has 1 aromatic heterocycles. The first-order valence-corrected chi connectivity index (χ1v) is 8.21. The maximum Gasteiger partial charge on any atom is 0.416 e. The van der Waals surface area contributed by atoms with E-state index in [2.05, 4.69) is 10.1 Å². The van der Waals surface area contributed by atoms with Crippen LogP contribution in [0.5, 0.6) is 0 Å². The summed E-state index contributed by atoms with van der Waals surface area (Å²) in [6.07, 6.45) is -3.95. The van der Waals surface area contributed by atoms with Crippen LogP contribution in [0.1, 0.15) is 47.7 Å². The number of likely N-dealkylation sites (tertiary alicyclic amines) is 1. The van der Waals surface area contributed by atoms with Gasteiger partial charge in [0.05, 0.1) is 17.6 Å². The van der Waals surface area contributed by atoms with Crippen molar-refractivity contribution in [2.45, 2.75) is 38.0 Å². The highest BCUT2D eigenvalue weighted by Gasteiger charge is 2.35. The van der Waals surface area contributed by atoms with E-state index in [0.29, 0.717) is 18.3 Å². The van der Waals surface area contributed by atoms with E-state index in [-0.39, 0.29) is 18.0 Å². The molecule has 25 heavy (non-hydrogen) atoms. The SMILES string of the molecule is Cc1noc(C2CCCN(CC(O)c3ccccc3C(F)(F)F)C2)n1. The summed E-state index contributed by atoms with van der Waals surface area (Å²) in [5, 5.41) is 14.2.